The van der Waals surface area contributed by atoms with Crippen LogP contribution < -0.4 is 10.6 Å². The largest absolute Gasteiger partial charge is 0.441 e. The van der Waals surface area contributed by atoms with E-state index in [1.807, 2.05) is 13.0 Å². The van der Waals surface area contributed by atoms with Crippen LogP contribution in [0, 0.1) is 6.92 Å². The first kappa shape index (κ1) is 12.6. The predicted octanol–water partition coefficient (Wildman–Crippen LogP) is 2.37. The molecule has 1 aromatic carbocycles. The van der Waals surface area contributed by atoms with Gasteiger partial charge in [0.25, 0.3) is 0 Å². The van der Waals surface area contributed by atoms with Crippen molar-refractivity contribution in [2.24, 2.45) is 0 Å². The minimum absolute atomic E-state index is 0.630. The Morgan fingerprint density at radius 2 is 2.37 bits per heavy atom. The molecule has 0 aliphatic carbocycles. The van der Waals surface area contributed by atoms with Crippen LogP contribution in [0.2, 0.25) is 0 Å². The number of nitrogens with one attached hydrogen (secondary N) is 2. The smallest absolute Gasteiger partial charge is 0.192 e. The molecule has 0 bridgehead atoms. The summed E-state index contributed by atoms with van der Waals surface area (Å²) in [6.45, 7) is 4.96. The van der Waals surface area contributed by atoms with E-state index < -0.39 is 0 Å². The van der Waals surface area contributed by atoms with Gasteiger partial charge < -0.3 is 15.1 Å². The molecule has 1 aliphatic rings. The normalized spacial score (nSPS) is 19.9. The molecule has 1 unspecified atom stereocenters. The lowest BCUT2D eigenvalue weighted by molar-refractivity contribution is 0.383. The van der Waals surface area contributed by atoms with Crippen molar-refractivity contribution in [3.63, 3.8) is 0 Å². The molecule has 1 aliphatic heterocycles. The molecular weight excluding hydrogens is 238 g/mol. The molecule has 1 saturated heterocycles. The molecule has 1 atom stereocenters. The Bertz CT molecular complexity index is 543. The quantitative estimate of drug-likeness (QED) is 0.885. The third-order valence-electron chi connectivity index (χ3n) is 3.69. The van der Waals surface area contributed by atoms with Crippen molar-refractivity contribution in [1.29, 1.82) is 0 Å². The molecule has 1 aromatic heterocycles. The Hall–Kier alpha value is -1.39. The van der Waals surface area contributed by atoms with E-state index in [0.717, 1.165) is 36.6 Å². The van der Waals surface area contributed by atoms with Crippen LogP contribution >= 0.6 is 0 Å². The molecule has 0 amide bonds. The molecule has 4 nitrogen and oxygen atoms in total. The highest BCUT2D eigenvalue weighted by atomic mass is 16.3. The fraction of sp³-hybridized carbons (Fsp3) is 0.533. The first-order valence-electron chi connectivity index (χ1n) is 7.11. The number of nitrogens with zero attached hydrogens (tertiary/aromatic N) is 1. The van der Waals surface area contributed by atoms with Gasteiger partial charge in [0.15, 0.2) is 11.5 Å². The molecule has 1 fully saturated rings. The molecule has 0 radical (unpaired) electrons. The zero-order chi connectivity index (χ0) is 13.1. The lowest BCUT2D eigenvalue weighted by atomic mass is 10.1. The number of aromatic nitrogens is 1. The van der Waals surface area contributed by atoms with Crippen LogP contribution in [-0.2, 0) is 6.54 Å². The Kier molecular flexibility index (Phi) is 3.80. The first-order chi connectivity index (χ1) is 9.31. The number of aryl methyl sites for hydroxylation is 1. The Balaban J connectivity index is 1.55. The lowest BCUT2D eigenvalue weighted by Gasteiger charge is -2.23. The molecule has 2 heterocycles. The summed E-state index contributed by atoms with van der Waals surface area (Å²) < 4.78 is 5.55. The van der Waals surface area contributed by atoms with Crippen molar-refractivity contribution in [3.8, 4) is 0 Å². The lowest BCUT2D eigenvalue weighted by Crippen LogP contribution is -2.41. The van der Waals surface area contributed by atoms with Gasteiger partial charge in [-0.2, -0.15) is 0 Å². The molecule has 19 heavy (non-hydrogen) atoms. The molecule has 3 rings (SSSR count). The summed E-state index contributed by atoms with van der Waals surface area (Å²) in [5, 5.41) is 7.07. The topological polar surface area (TPSA) is 50.1 Å². The van der Waals surface area contributed by atoms with Crippen molar-refractivity contribution in [2.75, 3.05) is 13.1 Å². The van der Waals surface area contributed by atoms with Gasteiger partial charge in [-0.15, -0.1) is 0 Å². The van der Waals surface area contributed by atoms with Gasteiger partial charge in [-0.3, -0.25) is 0 Å². The highest BCUT2D eigenvalue weighted by Crippen LogP contribution is 2.16. The van der Waals surface area contributed by atoms with Crippen molar-refractivity contribution in [1.82, 2.24) is 15.6 Å². The molecule has 0 spiro atoms. The summed E-state index contributed by atoms with van der Waals surface area (Å²) in [5.74, 6) is 0.728. The van der Waals surface area contributed by atoms with Gasteiger partial charge >= 0.3 is 0 Å². The average molecular weight is 259 g/mol. The second kappa shape index (κ2) is 5.72. The number of benzene rings is 1. The van der Waals surface area contributed by atoms with E-state index >= 15 is 0 Å². The van der Waals surface area contributed by atoms with Gasteiger partial charge in [0, 0.05) is 26.1 Å². The number of piperidine rings is 1. The highest BCUT2D eigenvalue weighted by Gasteiger charge is 2.11. The van der Waals surface area contributed by atoms with E-state index in [9.17, 15) is 0 Å². The molecular formula is C15H21N3O. The monoisotopic (exact) mass is 259 g/mol. The summed E-state index contributed by atoms with van der Waals surface area (Å²) in [5.41, 5.74) is 3.07. The maximum absolute atomic E-state index is 5.55. The molecule has 2 N–H and O–H groups in total. The van der Waals surface area contributed by atoms with Crippen molar-refractivity contribution in [2.45, 2.75) is 38.8 Å². The summed E-state index contributed by atoms with van der Waals surface area (Å²) in [6, 6.07) is 6.86. The third kappa shape index (κ3) is 3.14. The van der Waals surface area contributed by atoms with E-state index in [-0.39, 0.29) is 0 Å². The highest BCUT2D eigenvalue weighted by molar-refractivity contribution is 5.73. The molecule has 2 aromatic rings. The van der Waals surface area contributed by atoms with Gasteiger partial charge in [0.1, 0.15) is 5.52 Å². The average Bonchev–Trinajstić information content (AvgIpc) is 2.79. The number of fused-ring (bicyclic) bond motifs is 1. The standard InChI is InChI=1S/C15H21N3O/c1-11-18-14-6-5-12(8-15(14)19-11)9-16-10-13-4-2-3-7-17-13/h5-6,8,13,16-17H,2-4,7,9-10H2,1H3. The van der Waals surface area contributed by atoms with E-state index in [0.29, 0.717) is 6.04 Å². The Labute approximate surface area is 113 Å². The fourth-order valence-corrected chi connectivity index (χ4v) is 2.68. The maximum Gasteiger partial charge on any atom is 0.192 e. The molecule has 0 saturated carbocycles. The summed E-state index contributed by atoms with van der Waals surface area (Å²) in [6.07, 6.45) is 3.95. The van der Waals surface area contributed by atoms with Gasteiger partial charge in [-0.1, -0.05) is 12.5 Å². The van der Waals surface area contributed by atoms with Crippen LogP contribution in [0.3, 0.4) is 0 Å². The number of hydrogen-bond acceptors (Lipinski definition) is 4. The van der Waals surface area contributed by atoms with Gasteiger partial charge in [0.05, 0.1) is 0 Å². The summed E-state index contributed by atoms with van der Waals surface area (Å²) >= 11 is 0. The maximum atomic E-state index is 5.55. The first-order valence-corrected chi connectivity index (χ1v) is 7.11. The van der Waals surface area contributed by atoms with Crippen LogP contribution in [0.1, 0.15) is 30.7 Å². The van der Waals surface area contributed by atoms with Crippen molar-refractivity contribution < 1.29 is 4.42 Å². The van der Waals surface area contributed by atoms with Crippen LogP contribution in [0.15, 0.2) is 22.6 Å². The van der Waals surface area contributed by atoms with Crippen molar-refractivity contribution in [3.05, 3.63) is 29.7 Å². The van der Waals surface area contributed by atoms with Crippen molar-refractivity contribution >= 4 is 11.1 Å². The second-order valence-electron chi connectivity index (χ2n) is 5.31. The van der Waals surface area contributed by atoms with Crippen LogP contribution in [0.5, 0.6) is 0 Å². The minimum Gasteiger partial charge on any atom is -0.441 e. The number of rotatable bonds is 4. The fourth-order valence-electron chi connectivity index (χ4n) is 2.68. The minimum atomic E-state index is 0.630. The van der Waals surface area contributed by atoms with Gasteiger partial charge in [-0.05, 0) is 37.1 Å². The molecule has 4 heteroatoms. The summed E-state index contributed by atoms with van der Waals surface area (Å²) in [4.78, 5) is 4.31. The molecule has 102 valence electrons. The van der Waals surface area contributed by atoms with E-state index in [4.69, 9.17) is 4.42 Å². The van der Waals surface area contributed by atoms with E-state index in [1.165, 1.54) is 24.8 Å². The number of oxazole rings is 1. The zero-order valence-corrected chi connectivity index (χ0v) is 11.4. The number of hydrogen-bond donors (Lipinski definition) is 2. The van der Waals surface area contributed by atoms with Crippen LogP contribution in [0.25, 0.3) is 11.1 Å². The summed E-state index contributed by atoms with van der Waals surface area (Å²) in [7, 11) is 0. The van der Waals surface area contributed by atoms with Gasteiger partial charge in [-0.25, -0.2) is 4.98 Å². The van der Waals surface area contributed by atoms with Gasteiger partial charge in [0.2, 0.25) is 0 Å². The van der Waals surface area contributed by atoms with Crippen LogP contribution in [0.4, 0.5) is 0 Å². The Morgan fingerprint density at radius 1 is 1.42 bits per heavy atom. The van der Waals surface area contributed by atoms with E-state index in [2.05, 4.69) is 27.8 Å². The second-order valence-corrected chi connectivity index (χ2v) is 5.31. The predicted molar refractivity (Wildman–Crippen MR) is 76.1 cm³/mol. The van der Waals surface area contributed by atoms with Crippen LogP contribution in [-0.4, -0.2) is 24.1 Å². The van der Waals surface area contributed by atoms with E-state index in [1.54, 1.807) is 0 Å². The SMILES string of the molecule is Cc1nc2ccc(CNCC3CCCCN3)cc2o1. The Morgan fingerprint density at radius 3 is 3.21 bits per heavy atom. The zero-order valence-electron chi connectivity index (χ0n) is 11.4. The third-order valence-corrected chi connectivity index (χ3v) is 3.69.